The molecule has 15 heavy (non-hydrogen) atoms. The van der Waals surface area contributed by atoms with Crippen molar-refractivity contribution in [3.05, 3.63) is 54.1 Å². The number of aryl methyl sites for hydroxylation is 1. The summed E-state index contributed by atoms with van der Waals surface area (Å²) in [6.07, 6.45) is 0. The normalized spacial score (nSPS) is 10.5. The Morgan fingerprint density at radius 1 is 0.733 bits per heavy atom. The third-order valence-corrected chi connectivity index (χ3v) is 2.95. The Morgan fingerprint density at radius 3 is 1.60 bits per heavy atom. The van der Waals surface area contributed by atoms with Gasteiger partial charge in [-0.15, -0.1) is 39.2 Å². The molecule has 0 bridgehead atoms. The van der Waals surface area contributed by atoms with Crippen LogP contribution >= 0.6 is 0 Å². The van der Waals surface area contributed by atoms with Crippen LogP contribution in [0.15, 0.2) is 48.5 Å². The predicted octanol–water partition coefficient (Wildman–Crippen LogP) is 1.02. The smallest absolute Gasteiger partial charge is 0.120 e. The molecule has 0 aliphatic carbocycles. The summed E-state index contributed by atoms with van der Waals surface area (Å²) in [7, 11) is 0. The Bertz CT molecular complexity index is 552. The fourth-order valence-corrected chi connectivity index (χ4v) is 2.24. The fourth-order valence-electron chi connectivity index (χ4n) is 2.24. The van der Waals surface area contributed by atoms with Crippen molar-refractivity contribution in [2.45, 2.75) is 6.92 Å². The van der Waals surface area contributed by atoms with Gasteiger partial charge < -0.3 is 0 Å². The number of fused-ring (bicyclic) bond motifs is 3. The van der Waals surface area contributed by atoms with Gasteiger partial charge in [0, 0.05) is 0 Å². The van der Waals surface area contributed by atoms with Crippen molar-refractivity contribution >= 4 is 21.5 Å². The molecule has 3 aromatic carbocycles. The Morgan fingerprint density at radius 2 is 1.13 bits per heavy atom. The van der Waals surface area contributed by atoms with Crippen LogP contribution in [0.1, 0.15) is 5.56 Å². The topological polar surface area (TPSA) is 0 Å². The van der Waals surface area contributed by atoms with Crippen LogP contribution in [0.5, 0.6) is 0 Å². The monoisotopic (exact) mass is 186 g/mol. The molecule has 0 fully saturated rings. The summed E-state index contributed by atoms with van der Waals surface area (Å²) >= 11 is 0. The van der Waals surface area contributed by atoms with E-state index in [4.69, 9.17) is 0 Å². The first-order valence-electron chi connectivity index (χ1n) is 4.90. The number of hydrogen-bond acceptors (Lipinski definition) is 0. The largest absolute Gasteiger partial charge is 1.00 e. The molecule has 0 amide bonds. The molecule has 0 nitrogen and oxygen atoms in total. The predicted molar refractivity (Wildman–Crippen MR) is 61.8 cm³/mol. The van der Waals surface area contributed by atoms with Crippen molar-refractivity contribution < 1.29 is 18.9 Å². The molecule has 68 valence electrons. The van der Waals surface area contributed by atoms with E-state index in [-0.39, 0.29) is 18.9 Å². The second-order valence-corrected chi connectivity index (χ2v) is 3.72. The summed E-state index contributed by atoms with van der Waals surface area (Å²) < 4.78 is 0. The van der Waals surface area contributed by atoms with Crippen LogP contribution in [0.4, 0.5) is 0 Å². The van der Waals surface area contributed by atoms with E-state index >= 15 is 0 Å². The van der Waals surface area contributed by atoms with Crippen molar-refractivity contribution in [2.75, 3.05) is 0 Å². The minimum Gasteiger partial charge on any atom is -0.120 e. The average Bonchev–Trinajstić information content (AvgIpc) is 2.55. The van der Waals surface area contributed by atoms with E-state index in [2.05, 4.69) is 55.5 Å². The summed E-state index contributed by atoms with van der Waals surface area (Å²) in [5, 5.41) is 5.52. The third-order valence-electron chi connectivity index (χ3n) is 2.95. The van der Waals surface area contributed by atoms with E-state index in [9.17, 15) is 0 Å². The van der Waals surface area contributed by atoms with Gasteiger partial charge in [0.1, 0.15) is 0 Å². The van der Waals surface area contributed by atoms with Gasteiger partial charge in [-0.2, -0.15) is 0 Å². The molecule has 0 aliphatic heterocycles. The van der Waals surface area contributed by atoms with Crippen LogP contribution in [0, 0.1) is 6.92 Å². The zero-order valence-electron chi connectivity index (χ0n) is 9.12. The van der Waals surface area contributed by atoms with Crippen LogP contribution in [0.3, 0.4) is 0 Å². The van der Waals surface area contributed by atoms with Gasteiger partial charge in [0.2, 0.25) is 0 Å². The molecule has 0 aromatic heterocycles. The molecule has 3 aromatic rings. The molecule has 0 radical (unpaired) electrons. The maximum atomic E-state index is 2.20. The van der Waals surface area contributed by atoms with Crippen LogP contribution < -0.4 is 18.9 Å². The first-order chi connectivity index (χ1) is 6.88. The third kappa shape index (κ3) is 1.42. The van der Waals surface area contributed by atoms with Crippen molar-refractivity contribution in [3.8, 4) is 0 Å². The summed E-state index contributed by atoms with van der Waals surface area (Å²) in [4.78, 5) is 0. The van der Waals surface area contributed by atoms with Gasteiger partial charge in [-0.3, -0.25) is 0 Å². The zero-order chi connectivity index (χ0) is 9.54. The van der Waals surface area contributed by atoms with E-state index in [0.29, 0.717) is 0 Å². The molecule has 0 saturated carbocycles. The quantitative estimate of drug-likeness (QED) is 0.363. The minimum atomic E-state index is 0. The molecular formula is C14H11Li. The van der Waals surface area contributed by atoms with Gasteiger partial charge in [0.25, 0.3) is 0 Å². The Hall–Kier alpha value is -1.09. The molecule has 0 unspecified atom stereocenters. The number of benzene rings is 2. The molecule has 0 N–H and O–H groups in total. The second kappa shape index (κ2) is 3.81. The van der Waals surface area contributed by atoms with Gasteiger partial charge in [-0.1, -0.05) is 43.3 Å². The van der Waals surface area contributed by atoms with Gasteiger partial charge in [0.15, 0.2) is 0 Å². The average molecular weight is 186 g/mol. The zero-order valence-corrected chi connectivity index (χ0v) is 9.12. The molecule has 3 rings (SSSR count). The van der Waals surface area contributed by atoms with E-state index in [0.717, 1.165) is 0 Å². The SMILES string of the molecule is C[c-]1c2ccccc2c2ccccc21.[Li+]. The van der Waals surface area contributed by atoms with Crippen molar-refractivity contribution in [1.29, 1.82) is 0 Å². The van der Waals surface area contributed by atoms with Crippen molar-refractivity contribution in [2.24, 2.45) is 0 Å². The standard InChI is InChI=1S/C14H11.Li/c1-10-11-6-2-4-8-13(11)14-9-5-3-7-12(10)14;/h2-9H,1H3;/q-1;+1. The van der Waals surface area contributed by atoms with Crippen molar-refractivity contribution in [1.82, 2.24) is 0 Å². The van der Waals surface area contributed by atoms with Gasteiger partial charge in [-0.25, -0.2) is 0 Å². The number of hydrogen-bond donors (Lipinski definition) is 0. The Balaban J connectivity index is 0.000000853. The first-order valence-corrected chi connectivity index (χ1v) is 4.90. The van der Waals surface area contributed by atoms with Crippen LogP contribution in [0.25, 0.3) is 21.5 Å². The van der Waals surface area contributed by atoms with Crippen LogP contribution in [0.2, 0.25) is 0 Å². The summed E-state index contributed by atoms with van der Waals surface area (Å²) in [5.41, 5.74) is 1.40. The first kappa shape index (κ1) is 10.4. The molecule has 0 aliphatic rings. The molecule has 0 saturated heterocycles. The maximum absolute atomic E-state index is 2.20. The fraction of sp³-hybridized carbons (Fsp3) is 0.0714. The Kier molecular flexibility index (Phi) is 2.65. The Labute approximate surface area is 101 Å². The van der Waals surface area contributed by atoms with E-state index in [1.54, 1.807) is 0 Å². The van der Waals surface area contributed by atoms with E-state index < -0.39 is 0 Å². The molecule has 0 heterocycles. The van der Waals surface area contributed by atoms with Gasteiger partial charge >= 0.3 is 18.9 Å². The minimum absolute atomic E-state index is 0. The molecular weight excluding hydrogens is 175 g/mol. The van der Waals surface area contributed by atoms with Crippen LogP contribution in [-0.2, 0) is 0 Å². The van der Waals surface area contributed by atoms with Crippen LogP contribution in [-0.4, -0.2) is 0 Å². The van der Waals surface area contributed by atoms with Gasteiger partial charge in [-0.05, 0) is 0 Å². The van der Waals surface area contributed by atoms with E-state index in [1.165, 1.54) is 27.1 Å². The van der Waals surface area contributed by atoms with E-state index in [1.807, 2.05) is 0 Å². The van der Waals surface area contributed by atoms with Gasteiger partial charge in [0.05, 0.1) is 0 Å². The maximum Gasteiger partial charge on any atom is 1.00 e. The summed E-state index contributed by atoms with van der Waals surface area (Å²) in [5.74, 6) is 0. The molecule has 1 heteroatoms. The number of rotatable bonds is 0. The molecule has 0 atom stereocenters. The second-order valence-electron chi connectivity index (χ2n) is 3.72. The van der Waals surface area contributed by atoms with Crippen molar-refractivity contribution in [3.63, 3.8) is 0 Å². The summed E-state index contributed by atoms with van der Waals surface area (Å²) in [6.45, 7) is 2.20. The summed E-state index contributed by atoms with van der Waals surface area (Å²) in [6, 6.07) is 17.2. The molecule has 0 spiro atoms.